The average molecular weight is 289 g/mol. The Morgan fingerprint density at radius 1 is 1.33 bits per heavy atom. The molecule has 1 aromatic carbocycles. The fourth-order valence-electron chi connectivity index (χ4n) is 2.12. The van der Waals surface area contributed by atoms with Gasteiger partial charge in [-0.15, -0.1) is 0 Å². The largest absolute Gasteiger partial charge is 0.497 e. The Morgan fingerprint density at radius 3 is 2.57 bits per heavy atom. The maximum atomic E-state index is 12.3. The van der Waals surface area contributed by atoms with Gasteiger partial charge in [0.1, 0.15) is 11.5 Å². The molecule has 0 unspecified atom stereocenters. The van der Waals surface area contributed by atoms with E-state index in [1.54, 1.807) is 26.1 Å². The monoisotopic (exact) mass is 289 g/mol. The number of benzene rings is 1. The normalized spacial score (nSPS) is 14.7. The maximum absolute atomic E-state index is 12.3. The highest BCUT2D eigenvalue weighted by Crippen LogP contribution is 2.14. The molecule has 112 valence electrons. The van der Waals surface area contributed by atoms with Gasteiger partial charge in [-0.05, 0) is 17.7 Å². The Morgan fingerprint density at radius 2 is 2.00 bits per heavy atom. The van der Waals surface area contributed by atoms with Crippen molar-refractivity contribution in [2.45, 2.75) is 19.4 Å². The summed E-state index contributed by atoms with van der Waals surface area (Å²) in [6, 6.07) is 7.55. The lowest BCUT2D eigenvalue weighted by Gasteiger charge is -2.23. The number of rotatable bonds is 4. The predicted octanol–water partition coefficient (Wildman–Crippen LogP) is 1.26. The Balaban J connectivity index is 2.02. The van der Waals surface area contributed by atoms with Gasteiger partial charge in [-0.25, -0.2) is 5.01 Å². The SMILES string of the molecule is COc1ccc(CN(C)C(=O)C2=NN(C)C(=O)CC2)cc1. The molecule has 0 saturated heterocycles. The van der Waals surface area contributed by atoms with Crippen molar-refractivity contribution in [2.75, 3.05) is 21.2 Å². The van der Waals surface area contributed by atoms with Crippen LogP contribution in [0.1, 0.15) is 18.4 Å². The second-order valence-corrected chi connectivity index (χ2v) is 4.97. The molecule has 1 aliphatic rings. The van der Waals surface area contributed by atoms with Gasteiger partial charge in [0.15, 0.2) is 0 Å². The van der Waals surface area contributed by atoms with Crippen molar-refractivity contribution in [3.63, 3.8) is 0 Å². The summed E-state index contributed by atoms with van der Waals surface area (Å²) in [5.74, 6) is 0.569. The van der Waals surface area contributed by atoms with Crippen LogP contribution in [0.3, 0.4) is 0 Å². The van der Waals surface area contributed by atoms with Crippen molar-refractivity contribution in [1.82, 2.24) is 9.91 Å². The van der Waals surface area contributed by atoms with Crippen LogP contribution in [0.15, 0.2) is 29.4 Å². The van der Waals surface area contributed by atoms with Crippen LogP contribution in [0.4, 0.5) is 0 Å². The first-order valence-electron chi connectivity index (χ1n) is 6.73. The number of carbonyl (C=O) groups excluding carboxylic acids is 2. The molecular weight excluding hydrogens is 270 g/mol. The van der Waals surface area contributed by atoms with Crippen LogP contribution in [0, 0.1) is 0 Å². The van der Waals surface area contributed by atoms with E-state index in [1.165, 1.54) is 5.01 Å². The molecule has 0 aromatic heterocycles. The Kier molecular flexibility index (Phi) is 4.57. The minimum atomic E-state index is -0.148. The molecule has 6 nitrogen and oxygen atoms in total. The zero-order valence-electron chi connectivity index (χ0n) is 12.5. The van der Waals surface area contributed by atoms with E-state index >= 15 is 0 Å². The van der Waals surface area contributed by atoms with Crippen LogP contribution in [0.5, 0.6) is 5.75 Å². The highest BCUT2D eigenvalue weighted by molar-refractivity contribution is 6.39. The van der Waals surface area contributed by atoms with E-state index in [4.69, 9.17) is 4.74 Å². The molecule has 0 N–H and O–H groups in total. The molecule has 0 spiro atoms. The van der Waals surface area contributed by atoms with Crippen molar-refractivity contribution >= 4 is 17.5 Å². The summed E-state index contributed by atoms with van der Waals surface area (Å²) >= 11 is 0. The van der Waals surface area contributed by atoms with Gasteiger partial charge in [0.05, 0.1) is 7.11 Å². The number of carbonyl (C=O) groups is 2. The van der Waals surface area contributed by atoms with E-state index in [-0.39, 0.29) is 11.8 Å². The lowest BCUT2D eigenvalue weighted by Crippen LogP contribution is -2.38. The van der Waals surface area contributed by atoms with Crippen molar-refractivity contribution in [1.29, 1.82) is 0 Å². The third-order valence-electron chi connectivity index (χ3n) is 3.38. The summed E-state index contributed by atoms with van der Waals surface area (Å²) in [7, 11) is 4.91. The Labute approximate surface area is 124 Å². The topological polar surface area (TPSA) is 62.2 Å². The first kappa shape index (κ1) is 15.0. The number of methoxy groups -OCH3 is 1. The molecule has 2 rings (SSSR count). The van der Waals surface area contributed by atoms with Gasteiger partial charge in [0.25, 0.3) is 5.91 Å². The second-order valence-electron chi connectivity index (χ2n) is 4.97. The van der Waals surface area contributed by atoms with Gasteiger partial charge in [-0.1, -0.05) is 12.1 Å². The van der Waals surface area contributed by atoms with Gasteiger partial charge < -0.3 is 9.64 Å². The molecule has 0 fully saturated rings. The predicted molar refractivity (Wildman–Crippen MR) is 78.9 cm³/mol. The van der Waals surface area contributed by atoms with Crippen LogP contribution in [0.2, 0.25) is 0 Å². The van der Waals surface area contributed by atoms with Crippen LogP contribution >= 0.6 is 0 Å². The van der Waals surface area contributed by atoms with Crippen molar-refractivity contribution in [3.05, 3.63) is 29.8 Å². The summed E-state index contributed by atoms with van der Waals surface area (Å²) in [5, 5.41) is 5.28. The van der Waals surface area contributed by atoms with Gasteiger partial charge in [-0.2, -0.15) is 5.10 Å². The van der Waals surface area contributed by atoms with Crippen LogP contribution in [0.25, 0.3) is 0 Å². The third kappa shape index (κ3) is 3.59. The summed E-state index contributed by atoms with van der Waals surface area (Å²) in [6.45, 7) is 0.486. The van der Waals surface area contributed by atoms with Gasteiger partial charge in [-0.3, -0.25) is 9.59 Å². The summed E-state index contributed by atoms with van der Waals surface area (Å²) in [4.78, 5) is 25.3. The molecule has 0 atom stereocenters. The molecule has 0 radical (unpaired) electrons. The molecular formula is C15H19N3O3. The number of amides is 2. The van der Waals surface area contributed by atoms with Gasteiger partial charge in [0, 0.05) is 33.5 Å². The molecule has 0 aliphatic carbocycles. The summed E-state index contributed by atoms with van der Waals surface area (Å²) < 4.78 is 5.10. The molecule has 1 heterocycles. The number of hydrazone groups is 1. The average Bonchev–Trinajstić information content (AvgIpc) is 2.50. The minimum absolute atomic E-state index is 0.0654. The molecule has 1 aromatic rings. The molecule has 21 heavy (non-hydrogen) atoms. The van der Waals surface area contributed by atoms with Crippen molar-refractivity contribution in [3.8, 4) is 5.75 Å². The van der Waals surface area contributed by atoms with Crippen LogP contribution in [-0.2, 0) is 16.1 Å². The van der Waals surface area contributed by atoms with Gasteiger partial charge >= 0.3 is 0 Å². The highest BCUT2D eigenvalue weighted by Gasteiger charge is 2.24. The summed E-state index contributed by atoms with van der Waals surface area (Å²) in [5.41, 5.74) is 1.43. The van der Waals surface area contributed by atoms with Crippen LogP contribution in [-0.4, -0.2) is 48.6 Å². The molecule has 6 heteroatoms. The lowest BCUT2D eigenvalue weighted by atomic mass is 10.1. The van der Waals surface area contributed by atoms with E-state index in [0.29, 0.717) is 25.1 Å². The molecule has 0 saturated carbocycles. The lowest BCUT2D eigenvalue weighted by molar-refractivity contribution is -0.130. The van der Waals surface area contributed by atoms with E-state index < -0.39 is 0 Å². The van der Waals surface area contributed by atoms with Crippen molar-refractivity contribution in [2.24, 2.45) is 5.10 Å². The highest BCUT2D eigenvalue weighted by atomic mass is 16.5. The fraction of sp³-hybridized carbons (Fsp3) is 0.400. The second kappa shape index (κ2) is 6.39. The zero-order chi connectivity index (χ0) is 15.4. The number of hydrogen-bond donors (Lipinski definition) is 0. The number of nitrogens with zero attached hydrogens (tertiary/aromatic N) is 3. The van der Waals surface area contributed by atoms with Gasteiger partial charge in [0.2, 0.25) is 5.91 Å². The van der Waals surface area contributed by atoms with Crippen LogP contribution < -0.4 is 4.74 Å². The Hall–Kier alpha value is -2.37. The smallest absolute Gasteiger partial charge is 0.270 e. The quantitative estimate of drug-likeness (QED) is 0.838. The molecule has 0 bridgehead atoms. The van der Waals surface area contributed by atoms with E-state index in [0.717, 1.165) is 11.3 Å². The van der Waals surface area contributed by atoms with E-state index in [1.807, 2.05) is 24.3 Å². The number of ether oxygens (including phenoxy) is 1. The van der Waals surface area contributed by atoms with Crippen molar-refractivity contribution < 1.29 is 14.3 Å². The standard InChI is InChI=1S/C15H19N3O3/c1-17(10-11-4-6-12(21-3)7-5-11)15(20)13-8-9-14(19)18(2)16-13/h4-7H,8-10H2,1-3H3. The zero-order valence-corrected chi connectivity index (χ0v) is 12.5. The third-order valence-corrected chi connectivity index (χ3v) is 3.38. The van der Waals surface area contributed by atoms with E-state index in [9.17, 15) is 9.59 Å². The minimum Gasteiger partial charge on any atom is -0.497 e. The maximum Gasteiger partial charge on any atom is 0.270 e. The summed E-state index contributed by atoms with van der Waals surface area (Å²) in [6.07, 6.45) is 0.729. The molecule has 2 amide bonds. The number of hydrogen-bond acceptors (Lipinski definition) is 4. The fourth-order valence-corrected chi connectivity index (χ4v) is 2.12. The van der Waals surface area contributed by atoms with E-state index in [2.05, 4.69) is 5.10 Å². The molecule has 1 aliphatic heterocycles. The Bertz CT molecular complexity index is 566. The first-order valence-corrected chi connectivity index (χ1v) is 6.73. The first-order chi connectivity index (χ1) is 10.0.